The number of benzene rings is 1. The minimum absolute atomic E-state index is 0.150. The third-order valence-electron chi connectivity index (χ3n) is 4.40. The summed E-state index contributed by atoms with van der Waals surface area (Å²) in [6, 6.07) is 7.93. The Hall–Kier alpha value is -1.09. The Labute approximate surface area is 143 Å². The Balaban J connectivity index is 2.81. The molecule has 1 aromatic carbocycles. The van der Waals surface area contributed by atoms with Crippen LogP contribution in [-0.4, -0.2) is 13.1 Å². The number of methoxy groups -OCH3 is 1. The van der Waals surface area contributed by atoms with Gasteiger partial charge in [0, 0.05) is 4.47 Å². The number of allylic oxidation sites excluding steroid dienone is 1. The van der Waals surface area contributed by atoms with Crippen LogP contribution in [0.4, 0.5) is 0 Å². The van der Waals surface area contributed by atoms with Crippen LogP contribution in [0.3, 0.4) is 0 Å². The first-order valence-corrected chi connectivity index (χ1v) is 8.52. The van der Waals surface area contributed by atoms with Gasteiger partial charge in [0.15, 0.2) is 0 Å². The highest BCUT2D eigenvalue weighted by Gasteiger charge is 2.36. The molecule has 2 nitrogen and oxygen atoms in total. The molecule has 0 amide bonds. The van der Waals surface area contributed by atoms with E-state index in [2.05, 4.69) is 36.4 Å². The van der Waals surface area contributed by atoms with Gasteiger partial charge in [-0.3, -0.25) is 4.79 Å². The fourth-order valence-corrected chi connectivity index (χ4v) is 2.98. The number of rotatable bonds is 8. The zero-order valence-electron chi connectivity index (χ0n) is 14.1. The molecule has 22 heavy (non-hydrogen) atoms. The predicted molar refractivity (Wildman–Crippen MR) is 96.0 cm³/mol. The van der Waals surface area contributed by atoms with Gasteiger partial charge in [-0.15, -0.1) is 6.58 Å². The lowest BCUT2D eigenvalue weighted by atomic mass is 9.77. The summed E-state index contributed by atoms with van der Waals surface area (Å²) in [6.45, 7) is 10.2. The number of ether oxygens (including phenoxy) is 1. The summed E-state index contributed by atoms with van der Waals surface area (Å²) in [5.41, 5.74) is 0.547. The fraction of sp³-hybridized carbons (Fsp3) is 0.526. The second-order valence-corrected chi connectivity index (χ2v) is 7.65. The van der Waals surface area contributed by atoms with Gasteiger partial charge in [-0.1, -0.05) is 60.8 Å². The van der Waals surface area contributed by atoms with Crippen molar-refractivity contribution in [3.63, 3.8) is 0 Å². The molecule has 0 heterocycles. The minimum atomic E-state index is -0.600. The normalized spacial score (nSPS) is 14.2. The monoisotopic (exact) mass is 366 g/mol. The summed E-state index contributed by atoms with van der Waals surface area (Å²) in [7, 11) is 1.46. The van der Waals surface area contributed by atoms with E-state index in [1.165, 1.54) is 7.11 Å². The molecule has 0 aliphatic carbocycles. The van der Waals surface area contributed by atoms with Gasteiger partial charge >= 0.3 is 5.97 Å². The molecule has 0 aliphatic rings. The van der Waals surface area contributed by atoms with E-state index in [0.717, 1.165) is 35.7 Å². The third kappa shape index (κ3) is 4.98. The van der Waals surface area contributed by atoms with Crippen LogP contribution in [0.25, 0.3) is 0 Å². The van der Waals surface area contributed by atoms with Crippen molar-refractivity contribution >= 4 is 21.9 Å². The highest BCUT2D eigenvalue weighted by molar-refractivity contribution is 9.10. The number of hydrogen-bond acceptors (Lipinski definition) is 2. The first-order chi connectivity index (χ1) is 10.2. The molecule has 0 radical (unpaired) electrons. The van der Waals surface area contributed by atoms with Crippen molar-refractivity contribution in [3.05, 3.63) is 47.0 Å². The van der Waals surface area contributed by atoms with Crippen LogP contribution < -0.4 is 0 Å². The maximum absolute atomic E-state index is 12.3. The Morgan fingerprint density at radius 1 is 1.27 bits per heavy atom. The predicted octanol–water partition coefficient (Wildman–Crippen LogP) is 5.65. The quantitative estimate of drug-likeness (QED) is 0.337. The zero-order chi connectivity index (χ0) is 16.8. The van der Waals surface area contributed by atoms with Crippen LogP contribution >= 0.6 is 15.9 Å². The van der Waals surface area contributed by atoms with E-state index in [9.17, 15) is 4.79 Å². The molecule has 0 spiro atoms. The van der Waals surface area contributed by atoms with Gasteiger partial charge < -0.3 is 4.74 Å². The largest absolute Gasteiger partial charge is 0.468 e. The Bertz CT molecular complexity index is 522. The average Bonchev–Trinajstić information content (AvgIpc) is 2.50. The number of carbonyl (C=O) groups is 1. The molecule has 0 aliphatic heterocycles. The second kappa shape index (κ2) is 7.96. The number of unbranched alkanes of at least 4 members (excludes halogenated alkanes) is 1. The van der Waals surface area contributed by atoms with Crippen molar-refractivity contribution in [2.75, 3.05) is 7.11 Å². The molecule has 1 rings (SSSR count). The van der Waals surface area contributed by atoms with E-state index in [4.69, 9.17) is 4.74 Å². The molecule has 1 aromatic rings. The van der Waals surface area contributed by atoms with Crippen molar-refractivity contribution in [1.82, 2.24) is 0 Å². The number of carbonyl (C=O) groups excluding carboxylic acids is 1. The standard InChI is InChI=1S/C19H27BrO2/c1-6-18(2,3)12-7-8-13-19(4,17(21)22-5)15-10-9-11-16(20)14-15/h6,9-11,14H,1,7-8,12-13H2,2-5H3. The fourth-order valence-electron chi connectivity index (χ4n) is 2.58. The summed E-state index contributed by atoms with van der Waals surface area (Å²) >= 11 is 3.48. The molecule has 0 N–H and O–H groups in total. The average molecular weight is 367 g/mol. The summed E-state index contributed by atoms with van der Waals surface area (Å²) < 4.78 is 6.04. The number of halogens is 1. The highest BCUT2D eigenvalue weighted by atomic mass is 79.9. The van der Waals surface area contributed by atoms with Gasteiger partial charge in [0.2, 0.25) is 0 Å². The Morgan fingerprint density at radius 3 is 2.45 bits per heavy atom. The molecule has 0 bridgehead atoms. The SMILES string of the molecule is C=CC(C)(C)CCCCC(C)(C(=O)OC)c1cccc(Br)c1. The van der Waals surface area contributed by atoms with Gasteiger partial charge in [-0.05, 0) is 42.9 Å². The molecule has 0 saturated carbocycles. The molecule has 0 aromatic heterocycles. The molecule has 3 heteroatoms. The van der Waals surface area contributed by atoms with Gasteiger partial charge in [0.1, 0.15) is 0 Å². The van der Waals surface area contributed by atoms with Crippen LogP contribution in [0.5, 0.6) is 0 Å². The van der Waals surface area contributed by atoms with Gasteiger partial charge in [0.25, 0.3) is 0 Å². The molecule has 0 fully saturated rings. The van der Waals surface area contributed by atoms with E-state index in [1.807, 2.05) is 37.3 Å². The zero-order valence-corrected chi connectivity index (χ0v) is 15.7. The minimum Gasteiger partial charge on any atom is -0.468 e. The van der Waals surface area contributed by atoms with Crippen LogP contribution in [0.1, 0.15) is 52.0 Å². The first kappa shape index (κ1) is 19.0. The molecular formula is C19H27BrO2. The maximum atomic E-state index is 12.3. The van der Waals surface area contributed by atoms with E-state index < -0.39 is 5.41 Å². The summed E-state index contributed by atoms with van der Waals surface area (Å²) in [6.07, 6.45) is 5.91. The summed E-state index contributed by atoms with van der Waals surface area (Å²) in [4.78, 5) is 12.3. The van der Waals surface area contributed by atoms with E-state index in [-0.39, 0.29) is 11.4 Å². The van der Waals surface area contributed by atoms with E-state index >= 15 is 0 Å². The van der Waals surface area contributed by atoms with Gasteiger partial charge in [-0.25, -0.2) is 0 Å². The van der Waals surface area contributed by atoms with Gasteiger partial charge in [-0.2, -0.15) is 0 Å². The number of esters is 1. The smallest absolute Gasteiger partial charge is 0.315 e. The number of hydrogen-bond donors (Lipinski definition) is 0. The highest BCUT2D eigenvalue weighted by Crippen LogP contribution is 2.34. The van der Waals surface area contributed by atoms with Crippen LogP contribution in [0.15, 0.2) is 41.4 Å². The van der Waals surface area contributed by atoms with Crippen LogP contribution in [-0.2, 0) is 14.9 Å². The molecule has 1 atom stereocenters. The van der Waals surface area contributed by atoms with Crippen molar-refractivity contribution in [2.24, 2.45) is 5.41 Å². The lowest BCUT2D eigenvalue weighted by Gasteiger charge is -2.28. The summed E-state index contributed by atoms with van der Waals surface area (Å²) in [5, 5.41) is 0. The lowest BCUT2D eigenvalue weighted by Crippen LogP contribution is -2.33. The van der Waals surface area contributed by atoms with Crippen LogP contribution in [0.2, 0.25) is 0 Å². The molecule has 122 valence electrons. The van der Waals surface area contributed by atoms with Crippen molar-refractivity contribution in [1.29, 1.82) is 0 Å². The maximum Gasteiger partial charge on any atom is 0.315 e. The molecular weight excluding hydrogens is 340 g/mol. The van der Waals surface area contributed by atoms with Crippen molar-refractivity contribution < 1.29 is 9.53 Å². The topological polar surface area (TPSA) is 26.3 Å². The van der Waals surface area contributed by atoms with E-state index in [0.29, 0.717) is 0 Å². The van der Waals surface area contributed by atoms with Gasteiger partial charge in [0.05, 0.1) is 12.5 Å². The van der Waals surface area contributed by atoms with Crippen LogP contribution in [0, 0.1) is 5.41 Å². The lowest BCUT2D eigenvalue weighted by molar-refractivity contribution is -0.147. The Kier molecular flexibility index (Phi) is 6.86. The van der Waals surface area contributed by atoms with Crippen molar-refractivity contribution in [3.8, 4) is 0 Å². The summed E-state index contributed by atoms with van der Waals surface area (Å²) in [5.74, 6) is -0.173. The Morgan fingerprint density at radius 2 is 1.91 bits per heavy atom. The van der Waals surface area contributed by atoms with Crippen molar-refractivity contribution in [2.45, 2.75) is 51.9 Å². The van der Waals surface area contributed by atoms with E-state index in [1.54, 1.807) is 0 Å². The molecule has 0 saturated heterocycles. The molecule has 1 unspecified atom stereocenters. The third-order valence-corrected chi connectivity index (χ3v) is 4.89. The second-order valence-electron chi connectivity index (χ2n) is 6.73. The first-order valence-electron chi connectivity index (χ1n) is 7.73.